The number of hydrogen-bond acceptors (Lipinski definition) is 4. The van der Waals surface area contributed by atoms with Crippen LogP contribution in [0.1, 0.15) is 16.2 Å². The van der Waals surface area contributed by atoms with Gasteiger partial charge in [0.15, 0.2) is 4.77 Å². The van der Waals surface area contributed by atoms with Crippen molar-refractivity contribution in [3.8, 4) is 0 Å². The molecule has 1 aromatic heterocycles. The van der Waals surface area contributed by atoms with Crippen LogP contribution in [0.2, 0.25) is 5.02 Å². The Labute approximate surface area is 137 Å². The van der Waals surface area contributed by atoms with Gasteiger partial charge < -0.3 is 9.88 Å². The topological polar surface area (TPSA) is 62.7 Å². The van der Waals surface area contributed by atoms with Crippen LogP contribution in [-0.4, -0.2) is 33.5 Å². The molecule has 0 aliphatic carbocycles. The molecule has 1 heterocycles. The average molecular weight is 343 g/mol. The van der Waals surface area contributed by atoms with E-state index in [1.54, 1.807) is 28.5 Å². The molecule has 1 aromatic carbocycles. The molecule has 2 N–H and O–H groups in total. The second kappa shape index (κ2) is 7.11. The molecule has 0 fully saturated rings. The van der Waals surface area contributed by atoms with Crippen molar-refractivity contribution in [3.05, 3.63) is 39.4 Å². The highest BCUT2D eigenvalue weighted by atomic mass is 35.5. The van der Waals surface area contributed by atoms with Crippen LogP contribution >= 0.6 is 35.6 Å². The van der Waals surface area contributed by atoms with Crippen LogP contribution in [0, 0.1) is 4.77 Å². The molecule has 5 nitrogen and oxygen atoms in total. The summed E-state index contributed by atoms with van der Waals surface area (Å²) in [5.74, 6) is 0.608. The van der Waals surface area contributed by atoms with Crippen molar-refractivity contribution < 1.29 is 4.79 Å². The maximum absolute atomic E-state index is 12.2. The maximum Gasteiger partial charge on any atom is 0.252 e. The van der Waals surface area contributed by atoms with Crippen molar-refractivity contribution in [2.75, 3.05) is 12.8 Å². The number of benzene rings is 1. The standard InChI is InChI=1S/C13H15ClN4OS2/c1-18-11(16-17-13(18)20)5-6-15-12(19)9-7-8(21-2)3-4-10(9)14/h3-4,7H,5-6H2,1-2H3,(H,15,19)(H,17,20). The highest BCUT2D eigenvalue weighted by Crippen LogP contribution is 2.22. The van der Waals surface area contributed by atoms with Crippen LogP contribution < -0.4 is 5.32 Å². The van der Waals surface area contributed by atoms with Gasteiger partial charge in [0.2, 0.25) is 0 Å². The van der Waals surface area contributed by atoms with E-state index in [4.69, 9.17) is 23.8 Å². The van der Waals surface area contributed by atoms with Crippen LogP contribution in [0.15, 0.2) is 23.1 Å². The lowest BCUT2D eigenvalue weighted by atomic mass is 10.2. The van der Waals surface area contributed by atoms with Crippen molar-refractivity contribution in [2.45, 2.75) is 11.3 Å². The fourth-order valence-corrected chi connectivity index (χ4v) is 2.59. The molecular formula is C13H15ClN4OS2. The second-order valence-corrected chi connectivity index (χ2v) is 6.03. The molecule has 0 saturated heterocycles. The zero-order valence-corrected chi connectivity index (χ0v) is 14.0. The van der Waals surface area contributed by atoms with Gasteiger partial charge in [-0.15, -0.1) is 11.8 Å². The average Bonchev–Trinajstić information content (AvgIpc) is 2.79. The van der Waals surface area contributed by atoms with E-state index in [1.165, 1.54) is 0 Å². The Hall–Kier alpha value is -1.31. The van der Waals surface area contributed by atoms with E-state index in [-0.39, 0.29) is 5.91 Å². The summed E-state index contributed by atoms with van der Waals surface area (Å²) in [5.41, 5.74) is 0.485. The quantitative estimate of drug-likeness (QED) is 0.648. The number of nitrogens with one attached hydrogen (secondary N) is 2. The third-order valence-corrected chi connectivity index (χ3v) is 4.44. The number of halogens is 1. The van der Waals surface area contributed by atoms with Gasteiger partial charge in [-0.3, -0.25) is 9.89 Å². The van der Waals surface area contributed by atoms with Crippen LogP contribution in [-0.2, 0) is 13.5 Å². The number of carbonyl (C=O) groups excluding carboxylic acids is 1. The molecule has 0 unspecified atom stereocenters. The van der Waals surface area contributed by atoms with E-state index in [9.17, 15) is 4.79 Å². The summed E-state index contributed by atoms with van der Waals surface area (Å²) in [4.78, 5) is 13.2. The largest absolute Gasteiger partial charge is 0.352 e. The molecule has 8 heteroatoms. The normalized spacial score (nSPS) is 10.6. The molecule has 0 bridgehead atoms. The number of aromatic amines is 1. The molecule has 1 amide bonds. The number of nitrogens with zero attached hydrogens (tertiary/aromatic N) is 2. The molecule has 21 heavy (non-hydrogen) atoms. The predicted octanol–water partition coefficient (Wildman–Crippen LogP) is 2.83. The van der Waals surface area contributed by atoms with Gasteiger partial charge in [-0.05, 0) is 36.7 Å². The third kappa shape index (κ3) is 3.87. The van der Waals surface area contributed by atoms with Gasteiger partial charge in [0.1, 0.15) is 5.82 Å². The highest BCUT2D eigenvalue weighted by molar-refractivity contribution is 7.98. The molecule has 2 rings (SSSR count). The molecule has 112 valence electrons. The van der Waals surface area contributed by atoms with E-state index < -0.39 is 0 Å². The number of hydrogen-bond donors (Lipinski definition) is 2. The van der Waals surface area contributed by atoms with Crippen molar-refractivity contribution in [2.24, 2.45) is 7.05 Å². The van der Waals surface area contributed by atoms with Crippen molar-refractivity contribution >= 4 is 41.5 Å². The predicted molar refractivity (Wildman–Crippen MR) is 87.7 cm³/mol. The fourth-order valence-electron chi connectivity index (χ4n) is 1.79. The second-order valence-electron chi connectivity index (χ2n) is 4.36. The van der Waals surface area contributed by atoms with Gasteiger partial charge in [0.05, 0.1) is 10.6 Å². The molecule has 2 aromatic rings. The van der Waals surface area contributed by atoms with Gasteiger partial charge >= 0.3 is 0 Å². The lowest BCUT2D eigenvalue weighted by Gasteiger charge is -2.08. The highest BCUT2D eigenvalue weighted by Gasteiger charge is 2.11. The van der Waals surface area contributed by atoms with Crippen LogP contribution in [0.3, 0.4) is 0 Å². The Morgan fingerprint density at radius 3 is 2.95 bits per heavy atom. The van der Waals surface area contributed by atoms with Crippen LogP contribution in [0.5, 0.6) is 0 Å². The first-order chi connectivity index (χ1) is 10.0. The first-order valence-corrected chi connectivity index (χ1v) is 8.26. The van der Waals surface area contributed by atoms with E-state index in [0.29, 0.717) is 28.3 Å². The Morgan fingerprint density at radius 1 is 1.57 bits per heavy atom. The van der Waals surface area contributed by atoms with E-state index in [2.05, 4.69) is 15.5 Å². The zero-order valence-electron chi connectivity index (χ0n) is 11.6. The van der Waals surface area contributed by atoms with E-state index in [1.807, 2.05) is 19.4 Å². The molecule has 0 radical (unpaired) electrons. The molecule has 0 aliphatic rings. The molecular weight excluding hydrogens is 328 g/mol. The van der Waals surface area contributed by atoms with Crippen molar-refractivity contribution in [1.82, 2.24) is 20.1 Å². The van der Waals surface area contributed by atoms with E-state index in [0.717, 1.165) is 10.7 Å². The Balaban J connectivity index is 1.99. The van der Waals surface area contributed by atoms with Crippen molar-refractivity contribution in [1.29, 1.82) is 0 Å². The Kier molecular flexibility index (Phi) is 5.44. The lowest BCUT2D eigenvalue weighted by molar-refractivity contribution is 0.0954. The Morgan fingerprint density at radius 2 is 2.33 bits per heavy atom. The van der Waals surface area contributed by atoms with Crippen molar-refractivity contribution in [3.63, 3.8) is 0 Å². The van der Waals surface area contributed by atoms with Crippen LogP contribution in [0.25, 0.3) is 0 Å². The number of rotatable bonds is 5. The minimum Gasteiger partial charge on any atom is -0.352 e. The maximum atomic E-state index is 12.2. The summed E-state index contributed by atoms with van der Waals surface area (Å²) in [6.07, 6.45) is 2.55. The van der Waals surface area contributed by atoms with E-state index >= 15 is 0 Å². The summed E-state index contributed by atoms with van der Waals surface area (Å²) in [6, 6.07) is 5.41. The number of H-pyrrole nitrogens is 1. The van der Waals surface area contributed by atoms with Gasteiger partial charge in [0, 0.05) is 24.9 Å². The SMILES string of the molecule is CSc1ccc(Cl)c(C(=O)NCCc2n[nH]c(=S)n2C)c1. The number of amides is 1. The summed E-state index contributed by atoms with van der Waals surface area (Å²) in [5, 5.41) is 10.1. The molecule has 0 atom stereocenters. The van der Waals surface area contributed by atoms with Gasteiger partial charge in [-0.2, -0.15) is 5.10 Å². The number of thioether (sulfide) groups is 1. The van der Waals surface area contributed by atoms with Crippen LogP contribution in [0.4, 0.5) is 0 Å². The number of carbonyl (C=O) groups is 1. The molecule has 0 aliphatic heterocycles. The first-order valence-electron chi connectivity index (χ1n) is 6.25. The van der Waals surface area contributed by atoms with Gasteiger partial charge in [-0.1, -0.05) is 11.6 Å². The lowest BCUT2D eigenvalue weighted by Crippen LogP contribution is -2.26. The minimum absolute atomic E-state index is 0.187. The Bertz CT molecular complexity index is 710. The monoisotopic (exact) mass is 342 g/mol. The molecule has 0 saturated carbocycles. The zero-order chi connectivity index (χ0) is 15.4. The minimum atomic E-state index is -0.187. The summed E-state index contributed by atoms with van der Waals surface area (Å²) >= 11 is 12.7. The third-order valence-electron chi connectivity index (χ3n) is 3.02. The smallest absolute Gasteiger partial charge is 0.252 e. The van der Waals surface area contributed by atoms with Gasteiger partial charge in [0.25, 0.3) is 5.91 Å². The number of aromatic nitrogens is 3. The summed E-state index contributed by atoms with van der Waals surface area (Å²) < 4.78 is 2.34. The summed E-state index contributed by atoms with van der Waals surface area (Å²) in [6.45, 7) is 0.464. The first kappa shape index (κ1) is 16.1. The summed E-state index contributed by atoms with van der Waals surface area (Å²) in [7, 11) is 1.84. The molecule has 0 spiro atoms. The van der Waals surface area contributed by atoms with Gasteiger partial charge in [-0.25, -0.2) is 0 Å². The fraction of sp³-hybridized carbons (Fsp3) is 0.308.